The zero-order valence-electron chi connectivity index (χ0n) is 4.01. The zero-order valence-corrected chi connectivity index (χ0v) is 6.42. The van der Waals surface area contributed by atoms with E-state index in [-0.39, 0.29) is 0 Å². The van der Waals surface area contributed by atoms with E-state index in [1.54, 1.807) is 0 Å². The van der Waals surface area contributed by atoms with E-state index in [0.29, 0.717) is 0 Å². The lowest BCUT2D eigenvalue weighted by molar-refractivity contribution is 2.03. The first-order chi connectivity index (χ1) is 3.80. The Morgan fingerprint density at radius 3 is 2.50 bits per heavy atom. The summed E-state index contributed by atoms with van der Waals surface area (Å²) in [6, 6.07) is 7.70. The van der Waals surface area contributed by atoms with Gasteiger partial charge in [-0.2, -0.15) is 18.2 Å². The molecule has 1 rings (SSSR count). The van der Waals surface area contributed by atoms with Gasteiger partial charge in [0.05, 0.1) is 0 Å². The van der Waals surface area contributed by atoms with Crippen LogP contribution in [0, 0.1) is 0 Å². The molecule has 1 aromatic carbocycles. The fourth-order valence-corrected chi connectivity index (χ4v) is 1.55. The van der Waals surface area contributed by atoms with E-state index in [9.17, 15) is 0 Å². The molecule has 0 aliphatic heterocycles. The van der Waals surface area contributed by atoms with Crippen molar-refractivity contribution >= 4 is 34.4 Å². The highest BCUT2D eigenvalue weighted by Gasteiger charge is 1.90. The maximum absolute atomic E-state index is 5.57. The van der Waals surface area contributed by atoms with E-state index in [4.69, 9.17) is 22.5 Å². The first kappa shape index (κ1) is 6.48. The van der Waals surface area contributed by atoms with Gasteiger partial charge in [-0.05, 0) is 0 Å². The van der Waals surface area contributed by atoms with Crippen LogP contribution in [0.3, 0.4) is 0 Å². The zero-order chi connectivity index (χ0) is 5.98. The van der Waals surface area contributed by atoms with Crippen LogP contribution in [0.4, 0.5) is 0 Å². The van der Waals surface area contributed by atoms with Gasteiger partial charge in [-0.15, -0.1) is 5.30 Å². The summed E-state index contributed by atoms with van der Waals surface area (Å²) in [5.41, 5.74) is 0. The van der Waals surface area contributed by atoms with Gasteiger partial charge in [0.25, 0.3) is 0 Å². The van der Waals surface area contributed by atoms with E-state index < -0.39 is 6.63 Å². The molecule has 3 heteroatoms. The first-order valence-electron chi connectivity index (χ1n) is 2.14. The lowest BCUT2D eigenvalue weighted by atomic mass is 10.7. The minimum Gasteiger partial charge on any atom is -0.204 e. The number of hydrogen-bond donors (Lipinski definition) is 0. The average Bonchev–Trinajstić information content (AvgIpc) is 2.12. The van der Waals surface area contributed by atoms with E-state index >= 15 is 0 Å². The molecule has 0 nitrogen and oxygen atoms in total. The van der Waals surface area contributed by atoms with Crippen molar-refractivity contribution in [1.29, 1.82) is 0 Å². The van der Waals surface area contributed by atoms with Crippen molar-refractivity contribution in [2.75, 3.05) is 0 Å². The lowest BCUT2D eigenvalue weighted by Crippen LogP contribution is -1.83. The van der Waals surface area contributed by atoms with Crippen LogP contribution in [0.5, 0.6) is 0 Å². The molecule has 0 aromatic heterocycles. The van der Waals surface area contributed by atoms with Gasteiger partial charge in [0, 0.05) is 6.63 Å². The van der Waals surface area contributed by atoms with Crippen LogP contribution >= 0.6 is 29.1 Å². The molecular weight excluding hydrogens is 162 g/mol. The predicted molar refractivity (Wildman–Crippen MR) is 40.3 cm³/mol. The molecule has 0 amide bonds. The van der Waals surface area contributed by atoms with Crippen molar-refractivity contribution in [3.63, 3.8) is 0 Å². The van der Waals surface area contributed by atoms with Gasteiger partial charge in [-0.1, -0.05) is 22.5 Å². The Bertz CT molecular complexity index is 145. The third-order valence-corrected chi connectivity index (χ3v) is 2.70. The summed E-state index contributed by atoms with van der Waals surface area (Å²) in [4.78, 5) is 0. The summed E-state index contributed by atoms with van der Waals surface area (Å²) >= 11 is 11.1. The maximum atomic E-state index is 5.57. The fraction of sp³-hybridized carbons (Fsp3) is 0. The summed E-state index contributed by atoms with van der Waals surface area (Å²) in [6.45, 7) is -0.914. The molecule has 0 aliphatic carbocycles. The summed E-state index contributed by atoms with van der Waals surface area (Å²) < 4.78 is 0. The van der Waals surface area contributed by atoms with Crippen LogP contribution in [0.1, 0.15) is 0 Å². The van der Waals surface area contributed by atoms with E-state index in [0.717, 1.165) is 5.30 Å². The second kappa shape index (κ2) is 2.77. The first-order valence-corrected chi connectivity index (χ1v) is 5.29. The molecule has 0 saturated heterocycles. The second-order valence-corrected chi connectivity index (χ2v) is 4.91. The average molecular weight is 166 g/mol. The third kappa shape index (κ3) is 1.42. The molecular formula is C5H4Cl2P-. The summed E-state index contributed by atoms with van der Waals surface area (Å²) in [5, 5.41) is 1.03. The van der Waals surface area contributed by atoms with Crippen molar-refractivity contribution in [2.24, 2.45) is 0 Å². The molecule has 0 radical (unpaired) electrons. The Morgan fingerprint density at radius 1 is 1.50 bits per heavy atom. The van der Waals surface area contributed by atoms with E-state index in [1.807, 2.05) is 24.3 Å². The van der Waals surface area contributed by atoms with Crippen molar-refractivity contribution in [2.45, 2.75) is 0 Å². The third-order valence-electron chi connectivity index (χ3n) is 0.840. The van der Waals surface area contributed by atoms with Gasteiger partial charge in [0.2, 0.25) is 0 Å². The highest BCUT2D eigenvalue weighted by atomic mass is 35.9. The van der Waals surface area contributed by atoms with Gasteiger partial charge < -0.3 is 0 Å². The number of rotatable bonds is 1. The number of halogens is 2. The molecule has 1 aromatic rings. The van der Waals surface area contributed by atoms with Crippen LogP contribution < -0.4 is 5.30 Å². The van der Waals surface area contributed by atoms with Crippen LogP contribution in [0.15, 0.2) is 24.3 Å². The van der Waals surface area contributed by atoms with Crippen molar-refractivity contribution in [1.82, 2.24) is 0 Å². The molecule has 0 atom stereocenters. The topological polar surface area (TPSA) is 0 Å². The molecule has 0 spiro atoms. The van der Waals surface area contributed by atoms with Crippen molar-refractivity contribution in [3.05, 3.63) is 24.3 Å². The van der Waals surface area contributed by atoms with Gasteiger partial charge >= 0.3 is 0 Å². The van der Waals surface area contributed by atoms with Gasteiger partial charge in [0.15, 0.2) is 0 Å². The van der Waals surface area contributed by atoms with Crippen LogP contribution in [-0.2, 0) is 0 Å². The Labute approximate surface area is 59.1 Å². The Hall–Kier alpha value is 0.360. The Morgan fingerprint density at radius 2 is 2.25 bits per heavy atom. The highest BCUT2D eigenvalue weighted by Crippen LogP contribution is 2.45. The summed E-state index contributed by atoms with van der Waals surface area (Å²) in [7, 11) is 0. The minimum absolute atomic E-state index is 0.914. The number of hydrogen-bond acceptors (Lipinski definition) is 0. The predicted octanol–water partition coefficient (Wildman–Crippen LogP) is 2.82. The highest BCUT2D eigenvalue weighted by molar-refractivity contribution is 8.08. The summed E-state index contributed by atoms with van der Waals surface area (Å²) in [6.07, 6.45) is 0. The molecule has 0 fully saturated rings. The van der Waals surface area contributed by atoms with Crippen LogP contribution in [-0.4, -0.2) is 0 Å². The molecule has 0 aliphatic rings. The van der Waals surface area contributed by atoms with E-state index in [2.05, 4.69) is 0 Å². The molecule has 0 bridgehead atoms. The fourth-order valence-electron chi connectivity index (χ4n) is 0.477. The standard InChI is InChI=1S/C5H4Cl2P/c6-8(7)5-3-1-2-4-5/h1-4H/q-1. The Balaban J connectivity index is 2.77. The quantitative estimate of drug-likeness (QED) is 0.444. The summed E-state index contributed by atoms with van der Waals surface area (Å²) in [5.74, 6) is 0. The van der Waals surface area contributed by atoms with Crippen LogP contribution in [0.25, 0.3) is 0 Å². The van der Waals surface area contributed by atoms with Crippen molar-refractivity contribution in [3.8, 4) is 0 Å². The SMILES string of the molecule is ClP(Cl)c1cc[cH-]c1. The lowest BCUT2D eigenvalue weighted by Gasteiger charge is -2.00. The molecule has 44 valence electrons. The molecule has 0 heterocycles. The molecule has 8 heavy (non-hydrogen) atoms. The Kier molecular flexibility index (Phi) is 2.25. The second-order valence-electron chi connectivity index (χ2n) is 1.38. The smallest absolute Gasteiger partial charge is 0.0479 e. The largest absolute Gasteiger partial charge is 0.204 e. The monoisotopic (exact) mass is 165 g/mol. The maximum Gasteiger partial charge on any atom is 0.0479 e. The molecule has 0 unspecified atom stereocenters. The van der Waals surface area contributed by atoms with Crippen molar-refractivity contribution < 1.29 is 0 Å². The minimum atomic E-state index is -0.914. The normalized spacial score (nSPS) is 10.4. The van der Waals surface area contributed by atoms with Crippen LogP contribution in [0.2, 0.25) is 0 Å². The van der Waals surface area contributed by atoms with Gasteiger partial charge in [0.1, 0.15) is 0 Å². The van der Waals surface area contributed by atoms with Gasteiger partial charge in [-0.25, -0.2) is 6.07 Å². The van der Waals surface area contributed by atoms with Gasteiger partial charge in [-0.3, -0.25) is 0 Å². The molecule has 0 N–H and O–H groups in total. The molecule has 0 saturated carbocycles. The van der Waals surface area contributed by atoms with E-state index in [1.165, 1.54) is 0 Å².